The van der Waals surface area contributed by atoms with E-state index in [4.69, 9.17) is 0 Å². The van der Waals surface area contributed by atoms with Crippen LogP contribution in [0.3, 0.4) is 0 Å². The Morgan fingerprint density at radius 3 is 2.22 bits per heavy atom. The molecule has 1 heteroatoms. The molecule has 0 saturated heterocycles. The SMILES string of the molecule is C1=CC2=CCCC(N(C3=CCC(C4=CCC(C5(c6ccccc6)C6=c7c(cccc7=CCC6)-c6ccccc65)C=C4)C=C3)C3C=CC(c4ccccc4)=CC3)C2C=C1. The lowest BCUT2D eigenvalue weighted by molar-refractivity contribution is 0.175. The molecule has 58 heavy (non-hydrogen) atoms. The number of allylic oxidation sites excluding steroid dienone is 13. The molecule has 0 fully saturated rings. The van der Waals surface area contributed by atoms with Gasteiger partial charge in [-0.2, -0.15) is 0 Å². The van der Waals surface area contributed by atoms with Crippen LogP contribution in [0.2, 0.25) is 0 Å². The van der Waals surface area contributed by atoms with E-state index in [0.717, 1.165) is 38.5 Å². The van der Waals surface area contributed by atoms with E-state index in [2.05, 4.69) is 199 Å². The van der Waals surface area contributed by atoms with Crippen molar-refractivity contribution in [3.63, 3.8) is 0 Å². The maximum absolute atomic E-state index is 2.79. The molecule has 7 aliphatic carbocycles. The van der Waals surface area contributed by atoms with Crippen LogP contribution in [-0.2, 0) is 5.41 Å². The summed E-state index contributed by atoms with van der Waals surface area (Å²) in [4.78, 5) is 2.79. The Morgan fingerprint density at radius 2 is 1.41 bits per heavy atom. The minimum atomic E-state index is -0.220. The summed E-state index contributed by atoms with van der Waals surface area (Å²) in [6, 6.07) is 39.3. The fourth-order valence-corrected chi connectivity index (χ4v) is 11.7. The summed E-state index contributed by atoms with van der Waals surface area (Å²) in [7, 11) is 0. The Morgan fingerprint density at radius 1 is 0.569 bits per heavy atom. The van der Waals surface area contributed by atoms with Gasteiger partial charge in [-0.25, -0.2) is 0 Å². The van der Waals surface area contributed by atoms with E-state index in [1.807, 2.05) is 0 Å². The van der Waals surface area contributed by atoms with E-state index >= 15 is 0 Å². The van der Waals surface area contributed by atoms with Gasteiger partial charge in [-0.05, 0) is 117 Å². The molecule has 1 nitrogen and oxygen atoms in total. The lowest BCUT2D eigenvalue weighted by Gasteiger charge is -2.48. The van der Waals surface area contributed by atoms with Crippen molar-refractivity contribution in [3.8, 4) is 11.1 Å². The van der Waals surface area contributed by atoms with Gasteiger partial charge in [0.1, 0.15) is 0 Å². The highest BCUT2D eigenvalue weighted by Gasteiger charge is 2.48. The summed E-state index contributed by atoms with van der Waals surface area (Å²) in [5.41, 5.74) is 14.0. The molecule has 0 N–H and O–H groups in total. The largest absolute Gasteiger partial charge is 0.361 e. The van der Waals surface area contributed by atoms with Crippen molar-refractivity contribution >= 4 is 17.2 Å². The zero-order valence-corrected chi connectivity index (χ0v) is 33.3. The van der Waals surface area contributed by atoms with Crippen molar-refractivity contribution in [1.29, 1.82) is 0 Å². The highest BCUT2D eigenvalue weighted by Crippen LogP contribution is 2.55. The van der Waals surface area contributed by atoms with E-state index < -0.39 is 0 Å². The minimum absolute atomic E-state index is 0.220. The van der Waals surface area contributed by atoms with E-state index in [9.17, 15) is 0 Å². The molecule has 0 amide bonds. The number of hydrogen-bond donors (Lipinski definition) is 0. The van der Waals surface area contributed by atoms with Gasteiger partial charge in [0.05, 0.1) is 6.04 Å². The predicted molar refractivity (Wildman–Crippen MR) is 243 cm³/mol. The van der Waals surface area contributed by atoms with Gasteiger partial charge in [-0.1, -0.05) is 188 Å². The topological polar surface area (TPSA) is 3.24 Å². The van der Waals surface area contributed by atoms with Crippen molar-refractivity contribution in [2.75, 3.05) is 0 Å². The Bertz CT molecular complexity index is 2670. The third-order valence-electron chi connectivity index (χ3n) is 14.3. The van der Waals surface area contributed by atoms with E-state index in [1.54, 1.807) is 5.57 Å². The summed E-state index contributed by atoms with van der Waals surface area (Å²) in [6.45, 7) is 0. The molecule has 7 aliphatic rings. The number of nitrogens with zero attached hydrogens (tertiary/aromatic N) is 1. The van der Waals surface area contributed by atoms with Crippen LogP contribution >= 0.6 is 0 Å². The number of rotatable bonds is 7. The van der Waals surface area contributed by atoms with Gasteiger partial charge in [0.15, 0.2) is 0 Å². The molecule has 0 heterocycles. The third-order valence-corrected chi connectivity index (χ3v) is 14.3. The molecule has 0 aromatic heterocycles. The molecule has 4 aromatic rings. The lowest BCUT2D eigenvalue weighted by atomic mass is 9.55. The zero-order valence-electron chi connectivity index (χ0n) is 33.3. The fraction of sp³-hybridized carbons (Fsp3) is 0.228. The van der Waals surface area contributed by atoms with Gasteiger partial charge >= 0.3 is 0 Å². The smallest absolute Gasteiger partial charge is 0.0514 e. The zero-order chi connectivity index (χ0) is 38.5. The van der Waals surface area contributed by atoms with Crippen molar-refractivity contribution in [3.05, 3.63) is 232 Å². The second-order valence-corrected chi connectivity index (χ2v) is 17.2. The average molecular weight is 750 g/mol. The Labute approximate surface area is 344 Å². The lowest BCUT2D eigenvalue weighted by Crippen LogP contribution is -2.48. The first kappa shape index (κ1) is 35.3. The first-order chi connectivity index (χ1) is 28.8. The molecular weight excluding hydrogens is 699 g/mol. The first-order valence-electron chi connectivity index (χ1n) is 21.8. The van der Waals surface area contributed by atoms with E-state index in [0.29, 0.717) is 29.8 Å². The van der Waals surface area contributed by atoms with E-state index in [-0.39, 0.29) is 5.41 Å². The Kier molecular flexibility index (Phi) is 8.99. The molecule has 11 rings (SSSR count). The highest BCUT2D eigenvalue weighted by atomic mass is 15.2. The minimum Gasteiger partial charge on any atom is -0.361 e. The van der Waals surface area contributed by atoms with Crippen molar-refractivity contribution in [2.45, 2.75) is 62.4 Å². The monoisotopic (exact) mass is 749 g/mol. The standard InChI is InChI=1S/C57H51N/c1-3-14-40(15-4-1)42-30-36-48(37-31-42)58(55-27-13-17-44-16-7-8-22-50(44)55)49-38-32-43(33-39-49)41-28-34-47(35-29-41)57(46-20-5-2-6-21-46)53-25-10-9-23-51(53)52-24-11-18-45-19-12-26-54(57)56(45)52/h1-11,14-25,28-32,34,36,38-39,43,47-48,50,55H,12-13,26-27,33,35,37H2. The van der Waals surface area contributed by atoms with Crippen LogP contribution in [-0.4, -0.2) is 17.0 Å². The number of hydrogen-bond acceptors (Lipinski definition) is 1. The maximum Gasteiger partial charge on any atom is 0.0514 e. The summed E-state index contributed by atoms with van der Waals surface area (Å²) in [5.74, 6) is 1.12. The van der Waals surface area contributed by atoms with Gasteiger partial charge in [-0.15, -0.1) is 0 Å². The third kappa shape index (κ3) is 5.81. The first-order valence-corrected chi connectivity index (χ1v) is 21.8. The molecule has 0 spiro atoms. The summed E-state index contributed by atoms with van der Waals surface area (Å²) in [6.07, 6.45) is 44.3. The van der Waals surface area contributed by atoms with Crippen LogP contribution in [0.15, 0.2) is 205 Å². The van der Waals surface area contributed by atoms with Gasteiger partial charge in [-0.3, -0.25) is 0 Å². The summed E-state index contributed by atoms with van der Waals surface area (Å²) < 4.78 is 0. The van der Waals surface area contributed by atoms with Gasteiger partial charge in [0.25, 0.3) is 0 Å². The van der Waals surface area contributed by atoms with Crippen LogP contribution in [0, 0.1) is 17.8 Å². The van der Waals surface area contributed by atoms with Crippen molar-refractivity contribution in [2.24, 2.45) is 17.8 Å². The molecule has 284 valence electrons. The molecule has 4 aromatic carbocycles. The Hall–Kier alpha value is -5.92. The van der Waals surface area contributed by atoms with Crippen molar-refractivity contribution in [1.82, 2.24) is 4.90 Å². The van der Waals surface area contributed by atoms with Crippen LogP contribution in [0.4, 0.5) is 0 Å². The number of benzene rings is 4. The molecule has 6 unspecified atom stereocenters. The van der Waals surface area contributed by atoms with Crippen LogP contribution in [0.25, 0.3) is 28.3 Å². The molecule has 6 atom stereocenters. The van der Waals surface area contributed by atoms with Crippen LogP contribution in [0.1, 0.15) is 61.6 Å². The second-order valence-electron chi connectivity index (χ2n) is 17.2. The van der Waals surface area contributed by atoms with E-state index in [1.165, 1.54) is 67.1 Å². The molecule has 0 bridgehead atoms. The molecular formula is C57H51N. The average Bonchev–Trinajstić information content (AvgIpc) is 3.31. The molecule has 0 aliphatic heterocycles. The van der Waals surface area contributed by atoms with Gasteiger partial charge in [0, 0.05) is 29.0 Å². The van der Waals surface area contributed by atoms with Crippen LogP contribution < -0.4 is 10.4 Å². The second kappa shape index (κ2) is 14.8. The quantitative estimate of drug-likeness (QED) is 0.182. The normalized spacial score (nSPS) is 27.6. The summed E-state index contributed by atoms with van der Waals surface area (Å²) in [5, 5.41) is 2.89. The van der Waals surface area contributed by atoms with Crippen LogP contribution in [0.5, 0.6) is 0 Å². The number of fused-ring (bicyclic) bond motifs is 3. The molecule has 0 radical (unpaired) electrons. The Balaban J connectivity index is 0.907. The van der Waals surface area contributed by atoms with Crippen molar-refractivity contribution < 1.29 is 0 Å². The highest BCUT2D eigenvalue weighted by molar-refractivity contribution is 5.86. The fourth-order valence-electron chi connectivity index (χ4n) is 11.7. The molecule has 0 saturated carbocycles. The van der Waals surface area contributed by atoms with Gasteiger partial charge < -0.3 is 4.90 Å². The maximum atomic E-state index is 2.79. The summed E-state index contributed by atoms with van der Waals surface area (Å²) >= 11 is 0. The van der Waals surface area contributed by atoms with Gasteiger partial charge in [0.2, 0.25) is 0 Å². The predicted octanol–water partition coefficient (Wildman–Crippen LogP) is 11.9.